The molecule has 0 aliphatic carbocycles. The maximum Gasteiger partial charge on any atom is 0.137 e. The van der Waals surface area contributed by atoms with Gasteiger partial charge in [-0.2, -0.15) is 0 Å². The third-order valence-electron chi connectivity index (χ3n) is 3.20. The molecule has 0 fully saturated rings. The van der Waals surface area contributed by atoms with E-state index in [1.54, 1.807) is 6.08 Å². The molecule has 97 valence electrons. The van der Waals surface area contributed by atoms with Gasteiger partial charge in [-0.05, 0) is 49.6 Å². The third-order valence-corrected chi connectivity index (χ3v) is 5.08. The molecule has 19 heavy (non-hydrogen) atoms. The summed E-state index contributed by atoms with van der Waals surface area (Å²) in [5.41, 5.74) is 4.46. The average molecular weight is 269 g/mol. The molecule has 0 bridgehead atoms. The van der Waals surface area contributed by atoms with Crippen LogP contribution in [0, 0.1) is 20.8 Å². The zero-order valence-corrected chi connectivity index (χ0v) is 12.5. The zero-order valence-electron chi connectivity index (χ0n) is 11.6. The van der Waals surface area contributed by atoms with Crippen molar-refractivity contribution in [3.8, 4) is 0 Å². The first-order valence-electron chi connectivity index (χ1n) is 6.30. The number of aryl methyl sites for hydroxylation is 3. The van der Waals surface area contributed by atoms with Crippen LogP contribution in [0.15, 0.2) is 43.0 Å². The summed E-state index contributed by atoms with van der Waals surface area (Å²) in [5.74, 6) is 0. The predicted molar refractivity (Wildman–Crippen MR) is 84.1 cm³/mol. The Morgan fingerprint density at radius 1 is 1.00 bits per heavy atom. The Hall–Kier alpha value is -1.72. The summed E-state index contributed by atoms with van der Waals surface area (Å²) in [6, 6.07) is 11.9. The second-order valence-electron chi connectivity index (χ2n) is 4.84. The topological polar surface area (TPSA) is 17.1 Å². The molecule has 1 atom stereocenters. The van der Waals surface area contributed by atoms with E-state index in [1.165, 1.54) is 5.56 Å². The average Bonchev–Trinajstić information content (AvgIpc) is 2.37. The summed E-state index contributed by atoms with van der Waals surface area (Å²) in [4.78, 5) is 0. The molecule has 0 N–H and O–H groups in total. The fourth-order valence-electron chi connectivity index (χ4n) is 2.37. The molecule has 0 aromatic heterocycles. The standard InChI is InChI=1S/C17H18OP/c1-5-15-6-8-16(9-7-15)19(18)17-13(3)10-12(2)11-14(17)4/h5-11H,1H2,2-4H3. The van der Waals surface area contributed by atoms with Crippen molar-refractivity contribution in [2.45, 2.75) is 20.8 Å². The molecule has 1 unspecified atom stereocenters. The summed E-state index contributed by atoms with van der Waals surface area (Å²) in [6.07, 6.45) is 1.79. The van der Waals surface area contributed by atoms with Crippen molar-refractivity contribution < 1.29 is 4.57 Å². The van der Waals surface area contributed by atoms with E-state index in [0.29, 0.717) is 0 Å². The molecule has 0 saturated heterocycles. The molecule has 2 heteroatoms. The van der Waals surface area contributed by atoms with E-state index in [4.69, 9.17) is 0 Å². The Bertz CT molecular complexity index is 616. The van der Waals surface area contributed by atoms with Crippen molar-refractivity contribution in [2.24, 2.45) is 0 Å². The lowest BCUT2D eigenvalue weighted by Crippen LogP contribution is -2.13. The van der Waals surface area contributed by atoms with Gasteiger partial charge in [0.05, 0.1) is 0 Å². The molecule has 2 rings (SSSR count). The molecule has 0 spiro atoms. The molecule has 0 heterocycles. The Morgan fingerprint density at radius 3 is 2.00 bits per heavy atom. The molecule has 2 aromatic rings. The van der Waals surface area contributed by atoms with Crippen molar-refractivity contribution >= 4 is 24.5 Å². The molecule has 2 aromatic carbocycles. The first kappa shape index (κ1) is 13.7. The SMILES string of the molecule is C=Cc1ccc([P](=O)c2c(C)cc(C)cc2C)cc1. The van der Waals surface area contributed by atoms with Crippen molar-refractivity contribution in [1.82, 2.24) is 0 Å². The highest BCUT2D eigenvalue weighted by Crippen LogP contribution is 2.25. The first-order chi connectivity index (χ1) is 9.02. The van der Waals surface area contributed by atoms with Crippen LogP contribution in [0.2, 0.25) is 0 Å². The van der Waals surface area contributed by atoms with Gasteiger partial charge in [0.25, 0.3) is 0 Å². The highest BCUT2D eigenvalue weighted by molar-refractivity contribution is 7.61. The van der Waals surface area contributed by atoms with Gasteiger partial charge in [-0.1, -0.05) is 42.5 Å². The lowest BCUT2D eigenvalue weighted by Gasteiger charge is -2.10. The minimum Gasteiger partial charge on any atom is -0.277 e. The fraction of sp³-hybridized carbons (Fsp3) is 0.176. The monoisotopic (exact) mass is 269 g/mol. The van der Waals surface area contributed by atoms with Gasteiger partial charge in [-0.25, -0.2) is 0 Å². The summed E-state index contributed by atoms with van der Waals surface area (Å²) >= 11 is 0. The summed E-state index contributed by atoms with van der Waals surface area (Å²) in [7, 11) is -1.53. The second-order valence-corrected chi connectivity index (χ2v) is 6.39. The van der Waals surface area contributed by atoms with E-state index in [1.807, 2.05) is 38.1 Å². The Kier molecular flexibility index (Phi) is 3.97. The van der Waals surface area contributed by atoms with Crippen molar-refractivity contribution in [1.29, 1.82) is 0 Å². The minimum absolute atomic E-state index is 0.871. The second kappa shape index (κ2) is 5.50. The van der Waals surface area contributed by atoms with E-state index in [2.05, 4.69) is 25.6 Å². The Balaban J connectivity index is 2.46. The van der Waals surface area contributed by atoms with Gasteiger partial charge in [0.1, 0.15) is 7.80 Å². The van der Waals surface area contributed by atoms with Gasteiger partial charge < -0.3 is 0 Å². The molecule has 0 aliphatic heterocycles. The van der Waals surface area contributed by atoms with Gasteiger partial charge in [0.2, 0.25) is 0 Å². The van der Waals surface area contributed by atoms with Crippen molar-refractivity contribution in [2.75, 3.05) is 0 Å². The molecule has 0 aliphatic rings. The molecular formula is C17H18OP. The van der Waals surface area contributed by atoms with Crippen LogP contribution in [-0.4, -0.2) is 0 Å². The molecule has 0 saturated carbocycles. The summed E-state index contributed by atoms with van der Waals surface area (Å²) in [6.45, 7) is 9.85. The summed E-state index contributed by atoms with van der Waals surface area (Å²) < 4.78 is 12.7. The lowest BCUT2D eigenvalue weighted by molar-refractivity contribution is 0.598. The predicted octanol–water partition coefficient (Wildman–Crippen LogP) is 4.03. The van der Waals surface area contributed by atoms with Crippen LogP contribution in [0.3, 0.4) is 0 Å². The Labute approximate surface area is 115 Å². The van der Waals surface area contributed by atoms with E-state index >= 15 is 0 Å². The van der Waals surface area contributed by atoms with Gasteiger partial charge in [0, 0.05) is 10.6 Å². The number of benzene rings is 2. The first-order valence-corrected chi connectivity index (χ1v) is 7.56. The highest BCUT2D eigenvalue weighted by atomic mass is 31.1. The third kappa shape index (κ3) is 2.83. The largest absolute Gasteiger partial charge is 0.277 e. The quantitative estimate of drug-likeness (QED) is 0.769. The van der Waals surface area contributed by atoms with Gasteiger partial charge in [0.15, 0.2) is 0 Å². The van der Waals surface area contributed by atoms with E-state index < -0.39 is 7.80 Å². The molecule has 1 radical (unpaired) electrons. The van der Waals surface area contributed by atoms with Crippen LogP contribution >= 0.6 is 7.80 Å². The normalized spacial score (nSPS) is 11.2. The fourth-order valence-corrected chi connectivity index (χ4v) is 3.82. The minimum atomic E-state index is -1.53. The number of hydrogen-bond donors (Lipinski definition) is 0. The molecule has 1 nitrogen and oxygen atoms in total. The van der Waals surface area contributed by atoms with Gasteiger partial charge in [-0.15, -0.1) is 0 Å². The van der Waals surface area contributed by atoms with E-state index in [9.17, 15) is 4.57 Å². The lowest BCUT2D eigenvalue weighted by atomic mass is 10.1. The maximum atomic E-state index is 12.7. The Morgan fingerprint density at radius 2 is 1.53 bits per heavy atom. The smallest absolute Gasteiger partial charge is 0.137 e. The number of rotatable bonds is 3. The van der Waals surface area contributed by atoms with Crippen molar-refractivity contribution in [3.05, 3.63) is 65.2 Å². The van der Waals surface area contributed by atoms with Crippen LogP contribution in [-0.2, 0) is 4.57 Å². The molecular weight excluding hydrogens is 251 g/mol. The number of hydrogen-bond acceptors (Lipinski definition) is 1. The van der Waals surface area contributed by atoms with Crippen LogP contribution in [0.5, 0.6) is 0 Å². The van der Waals surface area contributed by atoms with E-state index in [0.717, 1.165) is 27.3 Å². The van der Waals surface area contributed by atoms with Crippen LogP contribution in [0.1, 0.15) is 22.3 Å². The van der Waals surface area contributed by atoms with Crippen molar-refractivity contribution in [3.63, 3.8) is 0 Å². The maximum absolute atomic E-state index is 12.7. The van der Waals surface area contributed by atoms with Crippen LogP contribution in [0.4, 0.5) is 0 Å². The van der Waals surface area contributed by atoms with Gasteiger partial charge in [-0.3, -0.25) is 4.57 Å². The van der Waals surface area contributed by atoms with E-state index in [-0.39, 0.29) is 0 Å². The zero-order chi connectivity index (χ0) is 14.0. The molecule has 0 amide bonds. The highest BCUT2D eigenvalue weighted by Gasteiger charge is 2.13. The van der Waals surface area contributed by atoms with Crippen LogP contribution in [0.25, 0.3) is 6.08 Å². The van der Waals surface area contributed by atoms with Gasteiger partial charge >= 0.3 is 0 Å². The summed E-state index contributed by atoms with van der Waals surface area (Å²) in [5, 5.41) is 1.84. The van der Waals surface area contributed by atoms with Crippen LogP contribution < -0.4 is 10.6 Å².